The Balaban J connectivity index is 2.48. The summed E-state index contributed by atoms with van der Waals surface area (Å²) in [5, 5.41) is 15.5. The zero-order valence-corrected chi connectivity index (χ0v) is 11.5. The van der Waals surface area contributed by atoms with E-state index in [1.54, 1.807) is 19.1 Å². The highest BCUT2D eigenvalue weighted by Gasteiger charge is 2.17. The molecule has 0 aromatic heterocycles. The van der Waals surface area contributed by atoms with Crippen molar-refractivity contribution in [2.75, 3.05) is 6.54 Å². The Labute approximate surface area is 113 Å². The molecule has 1 aromatic carbocycles. The molecule has 0 saturated heterocycles. The van der Waals surface area contributed by atoms with Crippen LogP contribution in [0.1, 0.15) is 32.4 Å². The van der Waals surface area contributed by atoms with Crippen LogP contribution in [0.4, 0.5) is 4.39 Å². The number of aliphatic hydroxyl groups excluding tert-OH is 1. The van der Waals surface area contributed by atoms with Crippen molar-refractivity contribution in [1.82, 2.24) is 10.6 Å². The molecule has 5 heteroatoms. The van der Waals surface area contributed by atoms with Crippen molar-refractivity contribution in [2.45, 2.75) is 39.0 Å². The summed E-state index contributed by atoms with van der Waals surface area (Å²) < 4.78 is 13.4. The number of amides is 1. The van der Waals surface area contributed by atoms with E-state index < -0.39 is 18.0 Å². The van der Waals surface area contributed by atoms with Crippen LogP contribution in [0.15, 0.2) is 24.3 Å². The minimum Gasteiger partial charge on any atom is -0.387 e. The molecule has 0 bridgehead atoms. The maximum absolute atomic E-state index is 13.4. The fraction of sp³-hybridized carbons (Fsp3) is 0.500. The van der Waals surface area contributed by atoms with Gasteiger partial charge in [0.25, 0.3) is 0 Å². The van der Waals surface area contributed by atoms with Gasteiger partial charge in [0.15, 0.2) is 0 Å². The van der Waals surface area contributed by atoms with E-state index in [0.717, 1.165) is 0 Å². The maximum atomic E-state index is 13.4. The van der Waals surface area contributed by atoms with Crippen LogP contribution in [0.25, 0.3) is 0 Å². The highest BCUT2D eigenvalue weighted by Crippen LogP contribution is 2.15. The van der Waals surface area contributed by atoms with Gasteiger partial charge in [-0.1, -0.05) is 18.2 Å². The van der Waals surface area contributed by atoms with Crippen LogP contribution in [-0.4, -0.2) is 29.6 Å². The summed E-state index contributed by atoms with van der Waals surface area (Å²) in [5.41, 5.74) is 0.228. The first-order chi connectivity index (χ1) is 8.91. The average molecular weight is 268 g/mol. The van der Waals surface area contributed by atoms with E-state index in [2.05, 4.69) is 10.6 Å². The smallest absolute Gasteiger partial charge is 0.237 e. The minimum absolute atomic E-state index is 0.0632. The Morgan fingerprint density at radius 3 is 2.53 bits per heavy atom. The van der Waals surface area contributed by atoms with Gasteiger partial charge in [0.1, 0.15) is 5.82 Å². The molecule has 0 heterocycles. The number of rotatable bonds is 6. The molecule has 1 rings (SSSR count). The quantitative estimate of drug-likeness (QED) is 0.730. The molecule has 0 spiro atoms. The fourth-order valence-corrected chi connectivity index (χ4v) is 1.65. The summed E-state index contributed by atoms with van der Waals surface area (Å²) in [6, 6.07) is 5.68. The maximum Gasteiger partial charge on any atom is 0.237 e. The molecule has 0 aliphatic rings. The third-order valence-corrected chi connectivity index (χ3v) is 2.71. The number of carbonyl (C=O) groups excluding carboxylic acids is 1. The molecule has 0 fully saturated rings. The van der Waals surface area contributed by atoms with Crippen LogP contribution in [0.2, 0.25) is 0 Å². The van der Waals surface area contributed by atoms with Gasteiger partial charge in [-0.25, -0.2) is 4.39 Å². The van der Waals surface area contributed by atoms with Gasteiger partial charge in [0.05, 0.1) is 12.1 Å². The number of halogens is 1. The van der Waals surface area contributed by atoms with Crippen molar-refractivity contribution in [2.24, 2.45) is 0 Å². The molecule has 106 valence electrons. The van der Waals surface area contributed by atoms with Crippen molar-refractivity contribution in [3.8, 4) is 0 Å². The van der Waals surface area contributed by atoms with Crippen molar-refractivity contribution in [1.29, 1.82) is 0 Å². The molecule has 2 unspecified atom stereocenters. The predicted molar refractivity (Wildman–Crippen MR) is 72.1 cm³/mol. The molecule has 0 aliphatic carbocycles. The molecule has 0 radical (unpaired) electrons. The Bertz CT molecular complexity index is 424. The van der Waals surface area contributed by atoms with E-state index in [1.807, 2.05) is 13.8 Å². The molecule has 1 aromatic rings. The summed E-state index contributed by atoms with van der Waals surface area (Å²) in [6.45, 7) is 5.57. The molecule has 4 nitrogen and oxygen atoms in total. The molecular formula is C14H21FN2O2. The SMILES string of the molecule is CC(C)NC(=O)C(C)NCC(O)c1ccccc1F. The van der Waals surface area contributed by atoms with Crippen LogP contribution in [0.5, 0.6) is 0 Å². The summed E-state index contributed by atoms with van der Waals surface area (Å²) >= 11 is 0. The van der Waals surface area contributed by atoms with Crippen LogP contribution in [0.3, 0.4) is 0 Å². The highest BCUT2D eigenvalue weighted by atomic mass is 19.1. The van der Waals surface area contributed by atoms with Gasteiger partial charge < -0.3 is 15.7 Å². The Kier molecular flexibility index (Phi) is 5.92. The molecular weight excluding hydrogens is 247 g/mol. The van der Waals surface area contributed by atoms with E-state index in [1.165, 1.54) is 12.1 Å². The van der Waals surface area contributed by atoms with Crippen molar-refractivity contribution in [3.63, 3.8) is 0 Å². The average Bonchev–Trinajstić information content (AvgIpc) is 2.35. The lowest BCUT2D eigenvalue weighted by atomic mass is 10.1. The first-order valence-corrected chi connectivity index (χ1v) is 6.38. The first kappa shape index (κ1) is 15.6. The van der Waals surface area contributed by atoms with Crippen LogP contribution >= 0.6 is 0 Å². The second-order valence-corrected chi connectivity index (χ2v) is 4.83. The second kappa shape index (κ2) is 7.21. The molecule has 0 aliphatic heterocycles. The van der Waals surface area contributed by atoms with Crippen molar-refractivity contribution in [3.05, 3.63) is 35.6 Å². The molecule has 1 amide bonds. The van der Waals surface area contributed by atoms with Crippen LogP contribution in [0, 0.1) is 5.82 Å². The standard InChI is InChI=1S/C14H21FN2O2/c1-9(2)17-14(19)10(3)16-8-13(18)11-6-4-5-7-12(11)15/h4-7,9-10,13,16,18H,8H2,1-3H3,(H,17,19). The topological polar surface area (TPSA) is 61.4 Å². The zero-order chi connectivity index (χ0) is 14.4. The number of aliphatic hydroxyl groups is 1. The molecule has 3 N–H and O–H groups in total. The van der Waals surface area contributed by atoms with Crippen molar-refractivity contribution < 1.29 is 14.3 Å². The monoisotopic (exact) mass is 268 g/mol. The third kappa shape index (κ3) is 4.96. The largest absolute Gasteiger partial charge is 0.387 e. The number of benzene rings is 1. The first-order valence-electron chi connectivity index (χ1n) is 6.38. The Morgan fingerprint density at radius 2 is 1.95 bits per heavy atom. The Morgan fingerprint density at radius 1 is 1.32 bits per heavy atom. The fourth-order valence-electron chi connectivity index (χ4n) is 1.65. The van der Waals surface area contributed by atoms with Crippen molar-refractivity contribution >= 4 is 5.91 Å². The highest BCUT2D eigenvalue weighted by molar-refractivity contribution is 5.81. The lowest BCUT2D eigenvalue weighted by Gasteiger charge is -2.18. The number of carbonyl (C=O) groups is 1. The van der Waals surface area contributed by atoms with Crippen LogP contribution < -0.4 is 10.6 Å². The van der Waals surface area contributed by atoms with Gasteiger partial charge in [0.2, 0.25) is 5.91 Å². The van der Waals surface area contributed by atoms with E-state index in [9.17, 15) is 14.3 Å². The molecule has 2 atom stereocenters. The summed E-state index contributed by atoms with van der Waals surface area (Å²) in [7, 11) is 0. The van der Waals surface area contributed by atoms with E-state index in [-0.39, 0.29) is 24.1 Å². The summed E-state index contributed by atoms with van der Waals surface area (Å²) in [6.07, 6.45) is -0.976. The lowest BCUT2D eigenvalue weighted by molar-refractivity contribution is -0.123. The summed E-state index contributed by atoms with van der Waals surface area (Å²) in [4.78, 5) is 11.6. The number of nitrogens with one attached hydrogen (secondary N) is 2. The zero-order valence-electron chi connectivity index (χ0n) is 11.5. The van der Waals surface area contributed by atoms with Gasteiger partial charge in [-0.2, -0.15) is 0 Å². The minimum atomic E-state index is -0.976. The van der Waals surface area contributed by atoms with Gasteiger partial charge >= 0.3 is 0 Å². The Hall–Kier alpha value is -1.46. The van der Waals surface area contributed by atoms with Gasteiger partial charge in [-0.3, -0.25) is 4.79 Å². The van der Waals surface area contributed by atoms with Crippen LogP contribution in [-0.2, 0) is 4.79 Å². The van der Waals surface area contributed by atoms with Gasteiger partial charge in [0, 0.05) is 18.2 Å². The number of hydrogen-bond donors (Lipinski definition) is 3. The molecule has 0 saturated carbocycles. The van der Waals surface area contributed by atoms with E-state index in [4.69, 9.17) is 0 Å². The third-order valence-electron chi connectivity index (χ3n) is 2.71. The molecule has 19 heavy (non-hydrogen) atoms. The van der Waals surface area contributed by atoms with Gasteiger partial charge in [-0.05, 0) is 26.8 Å². The van der Waals surface area contributed by atoms with E-state index >= 15 is 0 Å². The van der Waals surface area contributed by atoms with Gasteiger partial charge in [-0.15, -0.1) is 0 Å². The summed E-state index contributed by atoms with van der Waals surface area (Å²) in [5.74, 6) is -0.591. The second-order valence-electron chi connectivity index (χ2n) is 4.83. The predicted octanol–water partition coefficient (Wildman–Crippen LogP) is 1.36. The lowest BCUT2D eigenvalue weighted by Crippen LogP contribution is -2.45. The number of hydrogen-bond acceptors (Lipinski definition) is 3. The van der Waals surface area contributed by atoms with E-state index in [0.29, 0.717) is 0 Å². The normalized spacial score (nSPS) is 14.2.